The summed E-state index contributed by atoms with van der Waals surface area (Å²) in [6.45, 7) is 1.95. The predicted octanol–water partition coefficient (Wildman–Crippen LogP) is 1.71. The third kappa shape index (κ3) is 5.15. The molecular weight excluding hydrogens is 100 g/mol. The van der Waals surface area contributed by atoms with Crippen molar-refractivity contribution >= 4 is 6.29 Å². The molecule has 0 atom stereocenters. The van der Waals surface area contributed by atoms with Gasteiger partial charge >= 0.3 is 0 Å². The van der Waals surface area contributed by atoms with Crippen LogP contribution in [0.15, 0.2) is 24.3 Å². The van der Waals surface area contributed by atoms with Gasteiger partial charge in [-0.15, -0.1) is 0 Å². The fourth-order valence-corrected chi connectivity index (χ4v) is 0.349. The van der Waals surface area contributed by atoms with Crippen molar-refractivity contribution in [3.63, 3.8) is 0 Å². The molecule has 8 heavy (non-hydrogen) atoms. The fraction of sp³-hybridized carbons (Fsp3) is 0.286. The lowest BCUT2D eigenvalue weighted by Crippen LogP contribution is -1.59. The van der Waals surface area contributed by atoms with Crippen molar-refractivity contribution in [3.8, 4) is 0 Å². The van der Waals surface area contributed by atoms with Gasteiger partial charge in [-0.1, -0.05) is 18.2 Å². The Labute approximate surface area is 49.7 Å². The second-order valence-corrected chi connectivity index (χ2v) is 1.37. The molecule has 0 fully saturated rings. The van der Waals surface area contributed by atoms with Gasteiger partial charge in [0.15, 0.2) is 0 Å². The molecule has 0 saturated heterocycles. The maximum absolute atomic E-state index is 9.66. The second-order valence-electron chi connectivity index (χ2n) is 1.37. The van der Waals surface area contributed by atoms with E-state index in [4.69, 9.17) is 0 Å². The molecule has 0 unspecified atom stereocenters. The van der Waals surface area contributed by atoms with Gasteiger partial charge in [0.1, 0.15) is 6.29 Å². The molecule has 0 N–H and O–H groups in total. The van der Waals surface area contributed by atoms with Crippen molar-refractivity contribution in [2.75, 3.05) is 0 Å². The Hall–Kier alpha value is -0.850. The summed E-state index contributed by atoms with van der Waals surface area (Å²) >= 11 is 0. The van der Waals surface area contributed by atoms with Crippen LogP contribution in [0.25, 0.3) is 0 Å². The Morgan fingerprint density at radius 1 is 1.38 bits per heavy atom. The Morgan fingerprint density at radius 2 is 2.12 bits per heavy atom. The summed E-state index contributed by atoms with van der Waals surface area (Å²) in [6, 6.07) is 0. The Kier molecular flexibility index (Phi) is 5.50. The summed E-state index contributed by atoms with van der Waals surface area (Å²) in [4.78, 5) is 9.66. The first-order valence-electron chi connectivity index (χ1n) is 2.63. The summed E-state index contributed by atoms with van der Waals surface area (Å²) in [5.74, 6) is 0. The summed E-state index contributed by atoms with van der Waals surface area (Å²) in [6.07, 6.45) is 8.89. The standard InChI is InChI=1S/C7H10O/c1-2-3-4-5-6-7-8/h2-3,5-7H,4H2,1H3/b3-2?,6-5+. The molecule has 0 aromatic carbocycles. The minimum absolute atomic E-state index is 0.781. The highest BCUT2D eigenvalue weighted by atomic mass is 16.1. The van der Waals surface area contributed by atoms with Gasteiger partial charge in [-0.3, -0.25) is 4.79 Å². The van der Waals surface area contributed by atoms with Crippen LogP contribution in [0.5, 0.6) is 0 Å². The molecule has 0 aliphatic carbocycles. The molecule has 44 valence electrons. The highest BCUT2D eigenvalue weighted by molar-refractivity contribution is 5.64. The minimum atomic E-state index is 0.781. The molecule has 0 aliphatic heterocycles. The number of hydrogen-bond acceptors (Lipinski definition) is 1. The maximum atomic E-state index is 9.66. The van der Waals surface area contributed by atoms with Gasteiger partial charge in [0.2, 0.25) is 0 Å². The fourth-order valence-electron chi connectivity index (χ4n) is 0.349. The summed E-state index contributed by atoms with van der Waals surface area (Å²) in [7, 11) is 0. The van der Waals surface area contributed by atoms with Crippen LogP contribution in [0, 0.1) is 0 Å². The predicted molar refractivity (Wildman–Crippen MR) is 34.6 cm³/mol. The number of aldehydes is 1. The number of carbonyl (C=O) groups excluding carboxylic acids is 1. The summed E-state index contributed by atoms with van der Waals surface area (Å²) in [5.41, 5.74) is 0. The van der Waals surface area contributed by atoms with Crippen molar-refractivity contribution in [1.82, 2.24) is 0 Å². The van der Waals surface area contributed by atoms with E-state index in [1.54, 1.807) is 0 Å². The topological polar surface area (TPSA) is 17.1 Å². The molecule has 0 bridgehead atoms. The number of allylic oxidation sites excluding steroid dienone is 4. The number of carbonyl (C=O) groups is 1. The first-order chi connectivity index (χ1) is 3.91. The zero-order valence-electron chi connectivity index (χ0n) is 5.00. The zero-order valence-corrected chi connectivity index (χ0v) is 5.00. The van der Waals surface area contributed by atoms with E-state index in [0.29, 0.717) is 0 Å². The van der Waals surface area contributed by atoms with Gasteiger partial charge in [-0.2, -0.15) is 0 Å². The van der Waals surface area contributed by atoms with Crippen LogP contribution >= 0.6 is 0 Å². The molecule has 0 aromatic rings. The van der Waals surface area contributed by atoms with Crippen molar-refractivity contribution in [2.24, 2.45) is 0 Å². The Morgan fingerprint density at radius 3 is 2.62 bits per heavy atom. The molecule has 0 spiro atoms. The van der Waals surface area contributed by atoms with Crippen LogP contribution in [-0.4, -0.2) is 6.29 Å². The minimum Gasteiger partial charge on any atom is -0.299 e. The number of rotatable bonds is 3. The van der Waals surface area contributed by atoms with Crippen molar-refractivity contribution in [2.45, 2.75) is 13.3 Å². The van der Waals surface area contributed by atoms with Gasteiger partial charge in [-0.05, 0) is 19.4 Å². The van der Waals surface area contributed by atoms with E-state index in [1.807, 2.05) is 25.2 Å². The SMILES string of the molecule is CC=CC/C=C/C=O. The van der Waals surface area contributed by atoms with Gasteiger partial charge in [0.05, 0.1) is 0 Å². The van der Waals surface area contributed by atoms with Crippen LogP contribution in [0.2, 0.25) is 0 Å². The third-order valence-electron chi connectivity index (χ3n) is 0.723. The van der Waals surface area contributed by atoms with E-state index in [0.717, 1.165) is 12.7 Å². The lowest BCUT2D eigenvalue weighted by Gasteiger charge is -1.73. The molecule has 1 heteroatoms. The maximum Gasteiger partial charge on any atom is 0.142 e. The average molecular weight is 110 g/mol. The molecule has 0 aliphatic rings. The van der Waals surface area contributed by atoms with Crippen LogP contribution in [0.4, 0.5) is 0 Å². The van der Waals surface area contributed by atoms with Crippen LogP contribution in [-0.2, 0) is 4.79 Å². The first kappa shape index (κ1) is 7.15. The molecule has 0 radical (unpaired) electrons. The van der Waals surface area contributed by atoms with Crippen LogP contribution in [0.1, 0.15) is 13.3 Å². The van der Waals surface area contributed by atoms with E-state index in [2.05, 4.69) is 0 Å². The highest BCUT2D eigenvalue weighted by Crippen LogP contribution is 1.82. The van der Waals surface area contributed by atoms with Crippen molar-refractivity contribution in [3.05, 3.63) is 24.3 Å². The van der Waals surface area contributed by atoms with Gasteiger partial charge in [0.25, 0.3) is 0 Å². The largest absolute Gasteiger partial charge is 0.299 e. The molecule has 0 aromatic heterocycles. The second kappa shape index (κ2) is 6.15. The normalized spacial score (nSPS) is 11.1. The quantitative estimate of drug-likeness (QED) is 0.307. The molecule has 0 saturated carbocycles. The average Bonchev–Trinajstić information content (AvgIpc) is 1.81. The van der Waals surface area contributed by atoms with E-state index in [-0.39, 0.29) is 0 Å². The van der Waals surface area contributed by atoms with E-state index >= 15 is 0 Å². The van der Waals surface area contributed by atoms with Crippen LogP contribution in [0.3, 0.4) is 0 Å². The molecule has 0 heterocycles. The number of hydrogen-bond donors (Lipinski definition) is 0. The molecular formula is C7H10O. The smallest absolute Gasteiger partial charge is 0.142 e. The molecule has 0 rings (SSSR count). The van der Waals surface area contributed by atoms with E-state index in [9.17, 15) is 4.79 Å². The summed E-state index contributed by atoms with van der Waals surface area (Å²) in [5, 5.41) is 0. The highest BCUT2D eigenvalue weighted by Gasteiger charge is 1.64. The van der Waals surface area contributed by atoms with E-state index in [1.165, 1.54) is 6.08 Å². The van der Waals surface area contributed by atoms with Crippen molar-refractivity contribution in [1.29, 1.82) is 0 Å². The summed E-state index contributed by atoms with van der Waals surface area (Å²) < 4.78 is 0. The lowest BCUT2D eigenvalue weighted by molar-refractivity contribution is -0.104. The Bertz CT molecular complexity index is 101. The van der Waals surface area contributed by atoms with Gasteiger partial charge in [0, 0.05) is 0 Å². The third-order valence-corrected chi connectivity index (χ3v) is 0.723. The van der Waals surface area contributed by atoms with E-state index < -0.39 is 0 Å². The first-order valence-corrected chi connectivity index (χ1v) is 2.63. The zero-order chi connectivity index (χ0) is 6.24. The monoisotopic (exact) mass is 110 g/mol. The molecule has 0 amide bonds. The van der Waals surface area contributed by atoms with Gasteiger partial charge < -0.3 is 0 Å². The van der Waals surface area contributed by atoms with Gasteiger partial charge in [-0.25, -0.2) is 0 Å². The Balaban J connectivity index is 3.15. The van der Waals surface area contributed by atoms with Crippen molar-refractivity contribution < 1.29 is 4.79 Å². The molecule has 1 nitrogen and oxygen atoms in total. The lowest BCUT2D eigenvalue weighted by atomic mass is 10.3. The van der Waals surface area contributed by atoms with Crippen LogP contribution < -0.4 is 0 Å².